The second-order valence-corrected chi connectivity index (χ2v) is 4.63. The molecule has 0 atom stereocenters. The summed E-state index contributed by atoms with van der Waals surface area (Å²) in [5.41, 5.74) is 6.74. The van der Waals surface area contributed by atoms with Gasteiger partial charge in [0.15, 0.2) is 0 Å². The van der Waals surface area contributed by atoms with Crippen LogP contribution in [-0.4, -0.2) is 9.97 Å². The molecule has 2 rings (SSSR count). The summed E-state index contributed by atoms with van der Waals surface area (Å²) in [5.74, 6) is 1.27. The van der Waals surface area contributed by atoms with E-state index < -0.39 is 0 Å². The molecule has 0 fully saturated rings. The van der Waals surface area contributed by atoms with Crippen LogP contribution in [0.25, 0.3) is 0 Å². The zero-order chi connectivity index (χ0) is 11.4. The molecular weight excluding hydrogens is 242 g/mol. The molecule has 1 aromatic carbocycles. The van der Waals surface area contributed by atoms with Crippen molar-refractivity contribution in [3.8, 4) is 0 Å². The zero-order valence-electron chi connectivity index (χ0n) is 8.43. The predicted octanol–water partition coefficient (Wildman–Crippen LogP) is 3.00. The normalized spacial score (nSPS) is 10.3. The molecule has 0 aliphatic heterocycles. The molecule has 0 aliphatic carbocycles. The minimum atomic E-state index is 0.445. The number of nitrogens with two attached hydrogens (primary N) is 1. The first kappa shape index (κ1) is 11.2. The fraction of sp³-hybridized carbons (Fsp3) is 0.0909. The highest BCUT2D eigenvalue weighted by Crippen LogP contribution is 2.21. The van der Waals surface area contributed by atoms with Gasteiger partial charge in [-0.25, -0.2) is 4.98 Å². The van der Waals surface area contributed by atoms with Gasteiger partial charge in [0.25, 0.3) is 0 Å². The van der Waals surface area contributed by atoms with Gasteiger partial charge in [0, 0.05) is 10.8 Å². The number of nitrogen functional groups attached to an aromatic ring is 1. The molecule has 0 bridgehead atoms. The first-order valence-corrected chi connectivity index (χ1v) is 6.05. The summed E-state index contributed by atoms with van der Waals surface area (Å²) in [4.78, 5) is 8.14. The summed E-state index contributed by atoms with van der Waals surface area (Å²) in [7, 11) is 0. The van der Waals surface area contributed by atoms with Gasteiger partial charge in [-0.05, 0) is 17.7 Å². The number of thioether (sulfide) groups is 1. The smallest absolute Gasteiger partial charge is 0.143 e. The minimum Gasteiger partial charge on any atom is -0.382 e. The van der Waals surface area contributed by atoms with Crippen molar-refractivity contribution in [2.45, 2.75) is 10.8 Å². The molecule has 1 aromatic heterocycles. The van der Waals surface area contributed by atoms with Crippen LogP contribution in [-0.2, 0) is 5.75 Å². The van der Waals surface area contributed by atoms with E-state index in [-0.39, 0.29) is 0 Å². The molecule has 0 aliphatic rings. The van der Waals surface area contributed by atoms with Gasteiger partial charge in [-0.2, -0.15) is 0 Å². The molecule has 0 saturated heterocycles. The van der Waals surface area contributed by atoms with E-state index in [2.05, 4.69) is 9.97 Å². The molecule has 0 unspecified atom stereocenters. The van der Waals surface area contributed by atoms with Crippen LogP contribution >= 0.6 is 23.4 Å². The Bertz CT molecular complexity index is 473. The van der Waals surface area contributed by atoms with Crippen molar-refractivity contribution in [3.05, 3.63) is 47.2 Å². The molecule has 2 aromatic rings. The molecule has 16 heavy (non-hydrogen) atoms. The van der Waals surface area contributed by atoms with Crippen LogP contribution in [0.4, 0.5) is 5.82 Å². The first-order chi connectivity index (χ1) is 7.74. The van der Waals surface area contributed by atoms with E-state index >= 15 is 0 Å². The Morgan fingerprint density at radius 1 is 1.19 bits per heavy atom. The van der Waals surface area contributed by atoms with Gasteiger partial charge >= 0.3 is 0 Å². The van der Waals surface area contributed by atoms with E-state index in [9.17, 15) is 0 Å². The number of hydrogen-bond acceptors (Lipinski definition) is 4. The monoisotopic (exact) mass is 251 g/mol. The summed E-state index contributed by atoms with van der Waals surface area (Å²) in [6.07, 6.45) is 3.24. The van der Waals surface area contributed by atoms with E-state index in [1.807, 2.05) is 24.3 Å². The Labute approximate surface area is 103 Å². The summed E-state index contributed by atoms with van der Waals surface area (Å²) < 4.78 is 0. The number of rotatable bonds is 3. The van der Waals surface area contributed by atoms with Gasteiger partial charge in [0.1, 0.15) is 10.8 Å². The van der Waals surface area contributed by atoms with Crippen molar-refractivity contribution >= 4 is 29.2 Å². The lowest BCUT2D eigenvalue weighted by Crippen LogP contribution is -1.92. The Balaban J connectivity index is 1.99. The lowest BCUT2D eigenvalue weighted by molar-refractivity contribution is 1.07. The third kappa shape index (κ3) is 3.12. The Morgan fingerprint density at radius 3 is 2.62 bits per heavy atom. The number of nitrogens with zero attached hydrogens (tertiary/aromatic N) is 2. The number of hydrogen-bond donors (Lipinski definition) is 1. The fourth-order valence-corrected chi connectivity index (χ4v) is 2.11. The van der Waals surface area contributed by atoms with Crippen molar-refractivity contribution in [1.29, 1.82) is 0 Å². The van der Waals surface area contributed by atoms with Gasteiger partial charge in [0.2, 0.25) is 0 Å². The maximum Gasteiger partial charge on any atom is 0.143 e. The van der Waals surface area contributed by atoms with Crippen LogP contribution < -0.4 is 5.73 Å². The summed E-state index contributed by atoms with van der Waals surface area (Å²) >= 11 is 7.40. The topological polar surface area (TPSA) is 51.8 Å². The number of benzene rings is 1. The number of anilines is 1. The lowest BCUT2D eigenvalue weighted by atomic mass is 10.2. The van der Waals surface area contributed by atoms with Gasteiger partial charge in [-0.3, -0.25) is 4.98 Å². The molecule has 0 amide bonds. The highest BCUT2D eigenvalue weighted by molar-refractivity contribution is 7.98. The van der Waals surface area contributed by atoms with E-state index in [4.69, 9.17) is 17.3 Å². The Morgan fingerprint density at radius 2 is 1.94 bits per heavy atom. The van der Waals surface area contributed by atoms with Crippen LogP contribution in [0.1, 0.15) is 5.56 Å². The Kier molecular flexibility index (Phi) is 3.64. The van der Waals surface area contributed by atoms with Crippen molar-refractivity contribution in [2.24, 2.45) is 0 Å². The molecule has 0 spiro atoms. The largest absolute Gasteiger partial charge is 0.382 e. The molecule has 0 radical (unpaired) electrons. The van der Waals surface area contributed by atoms with E-state index in [0.717, 1.165) is 15.8 Å². The fourth-order valence-electron chi connectivity index (χ4n) is 1.17. The van der Waals surface area contributed by atoms with Gasteiger partial charge in [-0.15, -0.1) is 11.8 Å². The number of halogens is 1. The quantitative estimate of drug-likeness (QED) is 0.852. The van der Waals surface area contributed by atoms with Crippen LogP contribution in [0.3, 0.4) is 0 Å². The molecule has 5 heteroatoms. The molecule has 1 heterocycles. The average molecular weight is 252 g/mol. The summed E-state index contributed by atoms with van der Waals surface area (Å²) in [6, 6.07) is 7.75. The Hall–Kier alpha value is -1.26. The third-order valence-corrected chi connectivity index (χ3v) is 3.15. The van der Waals surface area contributed by atoms with Crippen LogP contribution in [0.2, 0.25) is 5.02 Å². The van der Waals surface area contributed by atoms with E-state index in [0.29, 0.717) is 5.82 Å². The van der Waals surface area contributed by atoms with Crippen LogP contribution in [0.15, 0.2) is 41.7 Å². The predicted molar refractivity (Wildman–Crippen MR) is 67.5 cm³/mol. The van der Waals surface area contributed by atoms with Crippen LogP contribution in [0.5, 0.6) is 0 Å². The second-order valence-electron chi connectivity index (χ2n) is 3.20. The summed E-state index contributed by atoms with van der Waals surface area (Å²) in [6.45, 7) is 0. The highest BCUT2D eigenvalue weighted by Gasteiger charge is 1.99. The zero-order valence-corrected chi connectivity index (χ0v) is 10.0. The summed E-state index contributed by atoms with van der Waals surface area (Å²) in [5, 5.41) is 1.58. The SMILES string of the molecule is Nc1cncc(SCc2ccc(Cl)cc2)n1. The van der Waals surface area contributed by atoms with Crippen LogP contribution in [0, 0.1) is 0 Å². The lowest BCUT2D eigenvalue weighted by Gasteiger charge is -2.01. The number of aromatic nitrogens is 2. The molecule has 2 N–H and O–H groups in total. The molecule has 0 saturated carbocycles. The van der Waals surface area contributed by atoms with E-state index in [1.165, 1.54) is 11.8 Å². The standard InChI is InChI=1S/C11H10ClN3S/c12-9-3-1-8(2-4-9)7-16-11-6-14-5-10(13)15-11/h1-6H,7H2,(H2,13,15). The maximum atomic E-state index is 5.80. The second kappa shape index (κ2) is 5.18. The first-order valence-electron chi connectivity index (χ1n) is 4.69. The van der Waals surface area contributed by atoms with Crippen molar-refractivity contribution in [3.63, 3.8) is 0 Å². The molecular formula is C11H10ClN3S. The van der Waals surface area contributed by atoms with E-state index in [1.54, 1.807) is 18.0 Å². The van der Waals surface area contributed by atoms with Gasteiger partial charge in [-0.1, -0.05) is 23.7 Å². The van der Waals surface area contributed by atoms with Crippen molar-refractivity contribution in [2.75, 3.05) is 5.73 Å². The van der Waals surface area contributed by atoms with Gasteiger partial charge < -0.3 is 5.73 Å². The minimum absolute atomic E-state index is 0.445. The molecule has 3 nitrogen and oxygen atoms in total. The third-order valence-electron chi connectivity index (χ3n) is 1.93. The molecule has 82 valence electrons. The maximum absolute atomic E-state index is 5.80. The highest BCUT2D eigenvalue weighted by atomic mass is 35.5. The van der Waals surface area contributed by atoms with Gasteiger partial charge in [0.05, 0.1) is 12.4 Å². The van der Waals surface area contributed by atoms with Crippen molar-refractivity contribution in [1.82, 2.24) is 9.97 Å². The van der Waals surface area contributed by atoms with Crippen molar-refractivity contribution < 1.29 is 0 Å². The average Bonchev–Trinajstić information content (AvgIpc) is 2.28.